The number of sulfonamides is 1. The summed E-state index contributed by atoms with van der Waals surface area (Å²) in [5.41, 5.74) is 5.29. The lowest BCUT2D eigenvalue weighted by Crippen LogP contribution is -2.14. The van der Waals surface area contributed by atoms with Crippen molar-refractivity contribution >= 4 is 26.5 Å². The molecule has 6 nitrogen and oxygen atoms in total. The van der Waals surface area contributed by atoms with Gasteiger partial charge in [0.1, 0.15) is 15.7 Å². The van der Waals surface area contributed by atoms with E-state index in [4.69, 9.17) is 5.73 Å². The second kappa shape index (κ2) is 6.17. The largest absolute Gasteiger partial charge is 0.320 e. The van der Waals surface area contributed by atoms with Gasteiger partial charge in [0.2, 0.25) is 5.13 Å². The molecule has 0 amide bonds. The van der Waals surface area contributed by atoms with Crippen LogP contribution in [-0.4, -0.2) is 25.2 Å². The Morgan fingerprint density at radius 1 is 1.43 bits per heavy atom. The third-order valence-electron chi connectivity index (χ3n) is 2.30. The van der Waals surface area contributed by atoms with E-state index in [0.29, 0.717) is 5.01 Å². The van der Waals surface area contributed by atoms with Crippen LogP contribution in [-0.2, 0) is 10.0 Å². The summed E-state index contributed by atoms with van der Waals surface area (Å²) < 4.78 is 40.2. The lowest BCUT2D eigenvalue weighted by molar-refractivity contribution is 0.599. The van der Waals surface area contributed by atoms with Crippen molar-refractivity contribution in [1.82, 2.24) is 10.2 Å². The van der Waals surface area contributed by atoms with Gasteiger partial charge in [-0.05, 0) is 25.1 Å². The zero-order valence-corrected chi connectivity index (χ0v) is 12.6. The first-order valence-corrected chi connectivity index (χ1v) is 8.04. The van der Waals surface area contributed by atoms with Crippen molar-refractivity contribution in [2.45, 2.75) is 11.8 Å². The van der Waals surface area contributed by atoms with E-state index in [2.05, 4.69) is 26.8 Å². The van der Waals surface area contributed by atoms with Crippen molar-refractivity contribution in [3.63, 3.8) is 0 Å². The average Bonchev–Trinajstić information content (AvgIpc) is 2.80. The van der Waals surface area contributed by atoms with Crippen LogP contribution in [0, 0.1) is 24.6 Å². The standard InChI is InChI=1S/C12H11FN4O2S2/c1-8-15-16-12(20-8)17-21(18,19)11-5-4-10(13)7-9(11)3-2-6-14/h4-5,7H,6,14H2,1H3,(H,16,17). The van der Waals surface area contributed by atoms with Crippen LogP contribution in [0.3, 0.4) is 0 Å². The number of anilines is 1. The number of aryl methyl sites for hydroxylation is 1. The van der Waals surface area contributed by atoms with Gasteiger partial charge < -0.3 is 5.73 Å². The highest BCUT2D eigenvalue weighted by Crippen LogP contribution is 2.22. The lowest BCUT2D eigenvalue weighted by Gasteiger charge is -2.07. The molecule has 0 atom stereocenters. The molecule has 0 unspecified atom stereocenters. The van der Waals surface area contributed by atoms with Crippen molar-refractivity contribution in [3.05, 3.63) is 34.6 Å². The number of benzene rings is 1. The summed E-state index contributed by atoms with van der Waals surface area (Å²) in [6, 6.07) is 3.24. The smallest absolute Gasteiger partial charge is 0.264 e. The molecule has 0 radical (unpaired) electrons. The van der Waals surface area contributed by atoms with Crippen molar-refractivity contribution in [2.24, 2.45) is 5.73 Å². The van der Waals surface area contributed by atoms with E-state index in [1.807, 2.05) is 0 Å². The fraction of sp³-hybridized carbons (Fsp3) is 0.167. The van der Waals surface area contributed by atoms with Crippen molar-refractivity contribution < 1.29 is 12.8 Å². The van der Waals surface area contributed by atoms with Crippen LogP contribution in [0.1, 0.15) is 10.6 Å². The molecule has 1 heterocycles. The molecule has 0 bridgehead atoms. The fourth-order valence-electron chi connectivity index (χ4n) is 1.49. The molecule has 0 aliphatic rings. The highest BCUT2D eigenvalue weighted by Gasteiger charge is 2.20. The highest BCUT2D eigenvalue weighted by atomic mass is 32.2. The van der Waals surface area contributed by atoms with Gasteiger partial charge >= 0.3 is 0 Å². The van der Waals surface area contributed by atoms with E-state index >= 15 is 0 Å². The predicted molar refractivity (Wildman–Crippen MR) is 77.8 cm³/mol. The quantitative estimate of drug-likeness (QED) is 0.823. The molecule has 0 fully saturated rings. The van der Waals surface area contributed by atoms with Crippen LogP contribution in [0.5, 0.6) is 0 Å². The first-order valence-electron chi connectivity index (χ1n) is 5.74. The minimum Gasteiger partial charge on any atom is -0.320 e. The molecule has 3 N–H and O–H groups in total. The molecular weight excluding hydrogens is 315 g/mol. The van der Waals surface area contributed by atoms with Gasteiger partial charge in [-0.15, -0.1) is 10.2 Å². The normalized spacial score (nSPS) is 10.8. The van der Waals surface area contributed by atoms with Gasteiger partial charge in [-0.25, -0.2) is 12.8 Å². The van der Waals surface area contributed by atoms with Gasteiger partial charge in [-0.3, -0.25) is 4.72 Å². The van der Waals surface area contributed by atoms with Gasteiger partial charge in [0.25, 0.3) is 10.0 Å². The van der Waals surface area contributed by atoms with E-state index in [1.165, 1.54) is 0 Å². The number of hydrogen-bond acceptors (Lipinski definition) is 6. The second-order valence-electron chi connectivity index (χ2n) is 3.88. The van der Waals surface area contributed by atoms with E-state index in [0.717, 1.165) is 29.5 Å². The molecule has 0 aliphatic carbocycles. The summed E-state index contributed by atoms with van der Waals surface area (Å²) in [7, 11) is -3.93. The van der Waals surface area contributed by atoms with Gasteiger partial charge in [0.05, 0.1) is 6.54 Å². The Hall–Kier alpha value is -2.02. The van der Waals surface area contributed by atoms with Gasteiger partial charge in [0.15, 0.2) is 0 Å². The summed E-state index contributed by atoms with van der Waals surface area (Å²) in [5, 5.41) is 8.16. The molecule has 0 saturated carbocycles. The molecule has 2 aromatic rings. The molecule has 2 rings (SSSR count). The summed E-state index contributed by atoms with van der Waals surface area (Å²) in [6.07, 6.45) is 0. The third kappa shape index (κ3) is 3.75. The molecule has 1 aromatic heterocycles. The maximum absolute atomic E-state index is 13.3. The molecule has 1 aromatic carbocycles. The second-order valence-corrected chi connectivity index (χ2v) is 6.71. The molecule has 9 heteroatoms. The minimum atomic E-state index is -3.93. The zero-order valence-electron chi connectivity index (χ0n) is 10.9. The topological polar surface area (TPSA) is 98.0 Å². The van der Waals surface area contributed by atoms with Gasteiger partial charge in [0, 0.05) is 5.56 Å². The molecule has 110 valence electrons. The van der Waals surface area contributed by atoms with Gasteiger partial charge in [-0.2, -0.15) is 0 Å². The Labute approximate surface area is 125 Å². The predicted octanol–water partition coefficient (Wildman–Crippen LogP) is 1.10. The molecular formula is C12H11FN4O2S2. The number of nitrogens with zero attached hydrogens (tertiary/aromatic N) is 2. The SMILES string of the molecule is Cc1nnc(NS(=O)(=O)c2ccc(F)cc2C#CCN)s1. The van der Waals surface area contributed by atoms with Crippen LogP contribution in [0.2, 0.25) is 0 Å². The van der Waals surface area contributed by atoms with Crippen LogP contribution in [0.4, 0.5) is 9.52 Å². The number of hydrogen-bond donors (Lipinski definition) is 2. The van der Waals surface area contributed by atoms with Crippen LogP contribution < -0.4 is 10.5 Å². The monoisotopic (exact) mass is 326 g/mol. The Kier molecular flexibility index (Phi) is 4.52. The van der Waals surface area contributed by atoms with E-state index in [1.54, 1.807) is 6.92 Å². The molecule has 0 spiro atoms. The Morgan fingerprint density at radius 2 is 2.19 bits per heavy atom. The fourth-order valence-corrected chi connectivity index (χ4v) is 3.45. The summed E-state index contributed by atoms with van der Waals surface area (Å²) in [5.74, 6) is 4.47. The summed E-state index contributed by atoms with van der Waals surface area (Å²) in [4.78, 5) is -0.141. The minimum absolute atomic E-state index is 0.0363. The third-order valence-corrected chi connectivity index (χ3v) is 4.58. The van der Waals surface area contributed by atoms with Crippen LogP contribution in [0.15, 0.2) is 23.1 Å². The summed E-state index contributed by atoms with van der Waals surface area (Å²) in [6.45, 7) is 1.74. The molecule has 0 aliphatic heterocycles. The lowest BCUT2D eigenvalue weighted by atomic mass is 10.2. The number of nitrogens with one attached hydrogen (secondary N) is 1. The first kappa shape index (κ1) is 15.4. The first-order chi connectivity index (χ1) is 9.92. The molecule has 0 saturated heterocycles. The Morgan fingerprint density at radius 3 is 2.81 bits per heavy atom. The van der Waals surface area contributed by atoms with E-state index < -0.39 is 15.8 Å². The van der Waals surface area contributed by atoms with Crippen LogP contribution >= 0.6 is 11.3 Å². The zero-order chi connectivity index (χ0) is 15.5. The summed E-state index contributed by atoms with van der Waals surface area (Å²) >= 11 is 1.09. The number of nitrogens with two attached hydrogens (primary N) is 1. The number of rotatable bonds is 3. The van der Waals surface area contributed by atoms with E-state index in [-0.39, 0.29) is 22.1 Å². The van der Waals surface area contributed by atoms with Crippen molar-refractivity contribution in [1.29, 1.82) is 0 Å². The maximum Gasteiger partial charge on any atom is 0.264 e. The molecule has 21 heavy (non-hydrogen) atoms. The van der Waals surface area contributed by atoms with Gasteiger partial charge in [-0.1, -0.05) is 23.2 Å². The Bertz CT molecular complexity index is 821. The average molecular weight is 326 g/mol. The van der Waals surface area contributed by atoms with Crippen molar-refractivity contribution in [2.75, 3.05) is 11.3 Å². The van der Waals surface area contributed by atoms with Crippen molar-refractivity contribution in [3.8, 4) is 11.8 Å². The number of aromatic nitrogens is 2. The van der Waals surface area contributed by atoms with Crippen LogP contribution in [0.25, 0.3) is 0 Å². The number of halogens is 1. The highest BCUT2D eigenvalue weighted by molar-refractivity contribution is 7.93. The van der Waals surface area contributed by atoms with E-state index in [9.17, 15) is 12.8 Å². The maximum atomic E-state index is 13.3. The Balaban J connectivity index is 2.44.